The van der Waals surface area contributed by atoms with Gasteiger partial charge in [0.15, 0.2) is 0 Å². The van der Waals surface area contributed by atoms with Gasteiger partial charge in [0.1, 0.15) is 11.6 Å². The Morgan fingerprint density at radius 2 is 1.85 bits per heavy atom. The van der Waals surface area contributed by atoms with Gasteiger partial charge in [0.25, 0.3) is 0 Å². The van der Waals surface area contributed by atoms with Crippen molar-refractivity contribution in [1.82, 2.24) is 19.9 Å². The van der Waals surface area contributed by atoms with E-state index >= 15 is 0 Å². The molecule has 0 saturated carbocycles. The van der Waals surface area contributed by atoms with Crippen molar-refractivity contribution in [3.63, 3.8) is 0 Å². The quantitative estimate of drug-likeness (QED) is 0.543. The Kier molecular flexibility index (Phi) is 6.42. The number of rotatable bonds is 5. The molecule has 0 radical (unpaired) electrons. The summed E-state index contributed by atoms with van der Waals surface area (Å²) in [5, 5.41) is 3.42. The van der Waals surface area contributed by atoms with Crippen LogP contribution in [0.1, 0.15) is 43.8 Å². The number of nitrogens with one attached hydrogen (secondary N) is 1. The molecule has 168 valence electrons. The molecule has 5 rings (SSSR count). The van der Waals surface area contributed by atoms with Crippen LogP contribution in [0.25, 0.3) is 11.3 Å². The minimum absolute atomic E-state index is 0.119. The van der Waals surface area contributed by atoms with Crippen LogP contribution < -0.4 is 5.32 Å². The van der Waals surface area contributed by atoms with Gasteiger partial charge in [-0.15, -0.1) is 0 Å². The lowest BCUT2D eigenvalue weighted by atomic mass is 9.90. The highest BCUT2D eigenvalue weighted by atomic mass is 16.2. The molecule has 1 aliphatic carbocycles. The maximum Gasteiger partial charge on any atom is 0.226 e. The molecule has 0 bridgehead atoms. The summed E-state index contributed by atoms with van der Waals surface area (Å²) >= 11 is 0. The summed E-state index contributed by atoms with van der Waals surface area (Å²) in [5.41, 5.74) is 2.85. The molecule has 1 aromatic carbocycles. The molecule has 0 unspecified atom stereocenters. The van der Waals surface area contributed by atoms with E-state index in [-0.39, 0.29) is 17.7 Å². The number of likely N-dealkylation sites (tertiary alicyclic amines) is 1. The summed E-state index contributed by atoms with van der Waals surface area (Å²) in [7, 11) is 0. The van der Waals surface area contributed by atoms with E-state index in [1.165, 1.54) is 0 Å². The van der Waals surface area contributed by atoms with Crippen LogP contribution in [-0.4, -0.2) is 38.8 Å². The van der Waals surface area contributed by atoms with E-state index in [0.717, 1.165) is 67.2 Å². The molecule has 1 saturated heterocycles. The minimum Gasteiger partial charge on any atom is -0.342 e. The van der Waals surface area contributed by atoms with Crippen LogP contribution in [0.4, 0.5) is 11.5 Å². The third-order valence-corrected chi connectivity index (χ3v) is 6.48. The van der Waals surface area contributed by atoms with Crippen molar-refractivity contribution in [3.05, 3.63) is 78.9 Å². The monoisotopic (exact) mass is 439 g/mol. The summed E-state index contributed by atoms with van der Waals surface area (Å²) < 4.78 is 0. The summed E-state index contributed by atoms with van der Waals surface area (Å²) in [6.45, 7) is 1.51. The molecular formula is C27H29N5O. The number of carbonyl (C=O) groups excluding carboxylic acids is 1. The summed E-state index contributed by atoms with van der Waals surface area (Å²) in [5.74, 6) is 2.09. The van der Waals surface area contributed by atoms with E-state index in [1.807, 2.05) is 53.4 Å². The fourth-order valence-corrected chi connectivity index (χ4v) is 4.72. The number of amides is 1. The second-order valence-corrected chi connectivity index (χ2v) is 8.83. The first kappa shape index (κ1) is 21.3. The SMILES string of the molecule is O=C([C@H]1CC=CCC1)N1CCC[C@H](c2nc(Nc3ccccc3)cc(-c3ccncc3)n2)C1. The first-order chi connectivity index (χ1) is 16.3. The molecule has 1 N–H and O–H groups in total. The molecule has 1 amide bonds. The fraction of sp³-hybridized carbons (Fsp3) is 0.333. The van der Waals surface area contributed by atoms with Crippen molar-refractivity contribution in [1.29, 1.82) is 0 Å². The smallest absolute Gasteiger partial charge is 0.226 e. The average molecular weight is 440 g/mol. The molecule has 1 fully saturated rings. The van der Waals surface area contributed by atoms with Crippen LogP contribution >= 0.6 is 0 Å². The van der Waals surface area contributed by atoms with E-state index in [2.05, 4.69) is 22.5 Å². The molecule has 2 aliphatic rings. The van der Waals surface area contributed by atoms with Crippen molar-refractivity contribution in [2.45, 2.75) is 38.0 Å². The molecule has 0 spiro atoms. The number of hydrogen-bond donors (Lipinski definition) is 1. The Labute approximate surface area is 194 Å². The first-order valence-electron chi connectivity index (χ1n) is 11.8. The zero-order valence-corrected chi connectivity index (χ0v) is 18.7. The highest BCUT2D eigenvalue weighted by Crippen LogP contribution is 2.31. The van der Waals surface area contributed by atoms with Crippen molar-refractivity contribution < 1.29 is 4.79 Å². The molecule has 2 atom stereocenters. The zero-order chi connectivity index (χ0) is 22.5. The van der Waals surface area contributed by atoms with Gasteiger partial charge in [0.05, 0.1) is 5.69 Å². The van der Waals surface area contributed by atoms with Gasteiger partial charge in [-0.05, 0) is 56.4 Å². The number of hydrogen-bond acceptors (Lipinski definition) is 5. The highest BCUT2D eigenvalue weighted by molar-refractivity contribution is 5.79. The topological polar surface area (TPSA) is 71.0 Å². The van der Waals surface area contributed by atoms with Gasteiger partial charge in [0.2, 0.25) is 5.91 Å². The summed E-state index contributed by atoms with van der Waals surface area (Å²) in [6, 6.07) is 15.9. The maximum absolute atomic E-state index is 13.2. The molecule has 3 heterocycles. The third kappa shape index (κ3) is 5.11. The van der Waals surface area contributed by atoms with Gasteiger partial charge in [0, 0.05) is 54.6 Å². The van der Waals surface area contributed by atoms with E-state index in [1.54, 1.807) is 12.4 Å². The van der Waals surface area contributed by atoms with Gasteiger partial charge in [-0.1, -0.05) is 30.4 Å². The molecular weight excluding hydrogens is 410 g/mol. The van der Waals surface area contributed by atoms with Gasteiger partial charge in [-0.2, -0.15) is 0 Å². The molecule has 2 aromatic heterocycles. The minimum atomic E-state index is 0.119. The van der Waals surface area contributed by atoms with Gasteiger partial charge >= 0.3 is 0 Å². The third-order valence-electron chi connectivity index (χ3n) is 6.48. The number of para-hydroxylation sites is 1. The van der Waals surface area contributed by atoms with Crippen LogP contribution in [-0.2, 0) is 4.79 Å². The van der Waals surface area contributed by atoms with Gasteiger partial charge < -0.3 is 10.2 Å². The molecule has 6 nitrogen and oxygen atoms in total. The zero-order valence-electron chi connectivity index (χ0n) is 18.7. The standard InChI is InChI=1S/C27H29N5O/c33-27(21-8-3-1-4-9-21)32-17-7-10-22(19-32)26-30-24(20-13-15-28-16-14-20)18-25(31-26)29-23-11-5-2-6-12-23/h1-3,5-6,11-16,18,21-22H,4,7-10,17,19H2,(H,29,30,31)/t21-,22-/m0/s1. The van der Waals surface area contributed by atoms with Crippen molar-refractivity contribution in [2.24, 2.45) is 5.92 Å². The van der Waals surface area contributed by atoms with Crippen molar-refractivity contribution in [3.8, 4) is 11.3 Å². The Morgan fingerprint density at radius 3 is 2.64 bits per heavy atom. The number of aromatic nitrogens is 3. The predicted octanol–water partition coefficient (Wildman–Crippen LogP) is 5.34. The van der Waals surface area contributed by atoms with Crippen molar-refractivity contribution in [2.75, 3.05) is 18.4 Å². The number of benzene rings is 1. The largest absolute Gasteiger partial charge is 0.342 e. The second-order valence-electron chi connectivity index (χ2n) is 8.83. The molecule has 6 heteroatoms. The lowest BCUT2D eigenvalue weighted by Gasteiger charge is -2.35. The Morgan fingerprint density at radius 1 is 1.00 bits per heavy atom. The lowest BCUT2D eigenvalue weighted by molar-refractivity contribution is -0.137. The summed E-state index contributed by atoms with van der Waals surface area (Å²) in [4.78, 5) is 29.2. The number of anilines is 2. The summed E-state index contributed by atoms with van der Waals surface area (Å²) in [6.07, 6.45) is 12.7. The Bertz CT molecular complexity index is 1120. The van der Waals surface area contributed by atoms with E-state index in [4.69, 9.17) is 9.97 Å². The van der Waals surface area contributed by atoms with E-state index in [9.17, 15) is 4.79 Å². The second kappa shape index (κ2) is 9.94. The number of nitrogens with zero attached hydrogens (tertiary/aromatic N) is 4. The normalized spacial score (nSPS) is 20.4. The number of piperidine rings is 1. The van der Waals surface area contributed by atoms with Crippen molar-refractivity contribution >= 4 is 17.4 Å². The molecule has 1 aliphatic heterocycles. The average Bonchev–Trinajstić information content (AvgIpc) is 2.90. The lowest BCUT2D eigenvalue weighted by Crippen LogP contribution is -2.42. The van der Waals surface area contributed by atoms with Crippen LogP contribution in [0, 0.1) is 5.92 Å². The van der Waals surface area contributed by atoms with E-state index in [0.29, 0.717) is 6.54 Å². The van der Waals surface area contributed by atoms with Gasteiger partial charge in [-0.25, -0.2) is 9.97 Å². The first-order valence-corrected chi connectivity index (χ1v) is 11.8. The van der Waals surface area contributed by atoms with Crippen LogP contribution in [0.3, 0.4) is 0 Å². The number of pyridine rings is 1. The van der Waals surface area contributed by atoms with E-state index < -0.39 is 0 Å². The predicted molar refractivity (Wildman–Crippen MR) is 130 cm³/mol. The van der Waals surface area contributed by atoms with Crippen LogP contribution in [0.2, 0.25) is 0 Å². The highest BCUT2D eigenvalue weighted by Gasteiger charge is 2.31. The Balaban J connectivity index is 1.42. The van der Waals surface area contributed by atoms with Crippen LogP contribution in [0.5, 0.6) is 0 Å². The molecule has 33 heavy (non-hydrogen) atoms. The Hall–Kier alpha value is -3.54. The number of carbonyl (C=O) groups is 1. The van der Waals surface area contributed by atoms with Crippen LogP contribution in [0.15, 0.2) is 73.1 Å². The fourth-order valence-electron chi connectivity index (χ4n) is 4.72. The maximum atomic E-state index is 13.2. The molecule has 3 aromatic rings. The number of allylic oxidation sites excluding steroid dienone is 2. The van der Waals surface area contributed by atoms with Gasteiger partial charge in [-0.3, -0.25) is 9.78 Å².